The van der Waals surface area contributed by atoms with E-state index in [2.05, 4.69) is 15.6 Å². The van der Waals surface area contributed by atoms with Gasteiger partial charge in [0.05, 0.1) is 19.1 Å². The van der Waals surface area contributed by atoms with E-state index in [0.29, 0.717) is 25.7 Å². The van der Waals surface area contributed by atoms with Crippen molar-refractivity contribution in [1.29, 1.82) is 0 Å². The van der Waals surface area contributed by atoms with E-state index in [-0.39, 0.29) is 19.0 Å². The highest BCUT2D eigenvalue weighted by molar-refractivity contribution is 5.87. The van der Waals surface area contributed by atoms with Gasteiger partial charge in [-0.1, -0.05) is 0 Å². The van der Waals surface area contributed by atoms with Crippen molar-refractivity contribution in [2.75, 3.05) is 19.6 Å². The molecule has 0 aliphatic rings. The zero-order chi connectivity index (χ0) is 14.7. The van der Waals surface area contributed by atoms with Crippen LogP contribution in [0.1, 0.15) is 12.8 Å². The Morgan fingerprint density at radius 3 is 2.53 bits per heavy atom. The van der Waals surface area contributed by atoms with Crippen LogP contribution in [0.25, 0.3) is 0 Å². The normalized spacial score (nSPS) is 11.2. The number of rotatable bonds is 9. The standard InChI is InChI=1S/C10H20N6O3/c11-7(2-1-3-15-10(12)13)9(19)16-6-8(18)14-4-5-17/h5,7H,1-4,6,11H2,(H,14,18)(H,16,19)(H4,12,13,15)/t7-/m1/s1. The van der Waals surface area contributed by atoms with Crippen molar-refractivity contribution in [1.82, 2.24) is 10.6 Å². The van der Waals surface area contributed by atoms with Gasteiger partial charge in [-0.25, -0.2) is 0 Å². The van der Waals surface area contributed by atoms with Crippen molar-refractivity contribution >= 4 is 24.1 Å². The highest BCUT2D eigenvalue weighted by atomic mass is 16.2. The van der Waals surface area contributed by atoms with E-state index < -0.39 is 17.9 Å². The number of hydrogen-bond acceptors (Lipinski definition) is 5. The maximum absolute atomic E-state index is 11.5. The van der Waals surface area contributed by atoms with Gasteiger partial charge in [-0.3, -0.25) is 14.6 Å². The first kappa shape index (κ1) is 16.8. The molecule has 0 rings (SSSR count). The molecule has 19 heavy (non-hydrogen) atoms. The minimum atomic E-state index is -0.729. The Balaban J connectivity index is 3.78. The summed E-state index contributed by atoms with van der Waals surface area (Å²) in [5.41, 5.74) is 15.9. The lowest BCUT2D eigenvalue weighted by Crippen LogP contribution is -2.45. The minimum absolute atomic E-state index is 0.00938. The quantitative estimate of drug-likeness (QED) is 0.128. The Bertz CT molecular complexity index is 340. The number of nitrogens with one attached hydrogen (secondary N) is 2. The van der Waals surface area contributed by atoms with E-state index in [9.17, 15) is 14.4 Å². The molecular weight excluding hydrogens is 252 g/mol. The van der Waals surface area contributed by atoms with Crippen LogP contribution in [-0.2, 0) is 14.4 Å². The first-order chi connectivity index (χ1) is 8.97. The molecule has 0 saturated heterocycles. The van der Waals surface area contributed by atoms with Crippen LogP contribution in [-0.4, -0.2) is 49.7 Å². The van der Waals surface area contributed by atoms with Crippen LogP contribution < -0.4 is 27.8 Å². The van der Waals surface area contributed by atoms with Crippen LogP contribution >= 0.6 is 0 Å². The summed E-state index contributed by atoms with van der Waals surface area (Å²) in [4.78, 5) is 36.3. The highest BCUT2D eigenvalue weighted by Crippen LogP contribution is 1.95. The van der Waals surface area contributed by atoms with Gasteiger partial charge in [-0.15, -0.1) is 0 Å². The van der Waals surface area contributed by atoms with Gasteiger partial charge in [0.25, 0.3) is 0 Å². The van der Waals surface area contributed by atoms with Crippen LogP contribution in [0, 0.1) is 0 Å². The molecule has 9 heteroatoms. The Morgan fingerprint density at radius 2 is 1.95 bits per heavy atom. The molecular formula is C10H20N6O3. The van der Waals surface area contributed by atoms with Crippen LogP contribution in [0.3, 0.4) is 0 Å². The van der Waals surface area contributed by atoms with Gasteiger partial charge in [0.2, 0.25) is 11.8 Å². The second-order valence-electron chi connectivity index (χ2n) is 3.74. The molecule has 0 saturated carbocycles. The van der Waals surface area contributed by atoms with Crippen molar-refractivity contribution in [2.24, 2.45) is 22.2 Å². The lowest BCUT2D eigenvalue weighted by molar-refractivity contribution is -0.127. The number of amides is 2. The van der Waals surface area contributed by atoms with Gasteiger partial charge < -0.3 is 32.6 Å². The van der Waals surface area contributed by atoms with Gasteiger partial charge in [0.15, 0.2) is 5.96 Å². The molecule has 0 aromatic rings. The summed E-state index contributed by atoms with van der Waals surface area (Å²) < 4.78 is 0. The molecule has 0 fully saturated rings. The van der Waals surface area contributed by atoms with Gasteiger partial charge in [-0.2, -0.15) is 0 Å². The van der Waals surface area contributed by atoms with Crippen LogP contribution in [0.4, 0.5) is 0 Å². The van der Waals surface area contributed by atoms with Gasteiger partial charge >= 0.3 is 0 Å². The summed E-state index contributed by atoms with van der Waals surface area (Å²) in [5.74, 6) is -0.899. The number of hydrogen-bond donors (Lipinski definition) is 5. The van der Waals surface area contributed by atoms with E-state index >= 15 is 0 Å². The van der Waals surface area contributed by atoms with Crippen LogP contribution in [0.2, 0.25) is 0 Å². The van der Waals surface area contributed by atoms with E-state index in [0.717, 1.165) is 0 Å². The Hall–Kier alpha value is -2.16. The predicted octanol–water partition coefficient (Wildman–Crippen LogP) is -3.20. The van der Waals surface area contributed by atoms with Crippen molar-refractivity contribution in [2.45, 2.75) is 18.9 Å². The number of aliphatic imine (C=N–C) groups is 1. The average Bonchev–Trinajstić information content (AvgIpc) is 2.37. The second kappa shape index (κ2) is 9.83. The Morgan fingerprint density at radius 1 is 1.26 bits per heavy atom. The Kier molecular flexibility index (Phi) is 8.71. The molecule has 108 valence electrons. The zero-order valence-corrected chi connectivity index (χ0v) is 10.6. The van der Waals surface area contributed by atoms with Gasteiger partial charge in [0.1, 0.15) is 6.29 Å². The lowest BCUT2D eigenvalue weighted by atomic mass is 10.1. The van der Waals surface area contributed by atoms with Crippen molar-refractivity contribution < 1.29 is 14.4 Å². The fraction of sp³-hybridized carbons (Fsp3) is 0.600. The van der Waals surface area contributed by atoms with Crippen molar-refractivity contribution in [3.8, 4) is 0 Å². The third-order valence-electron chi connectivity index (χ3n) is 2.11. The molecule has 0 unspecified atom stereocenters. The fourth-order valence-corrected chi connectivity index (χ4v) is 1.17. The number of guanidine groups is 1. The Labute approximate surface area is 111 Å². The molecule has 1 atom stereocenters. The largest absolute Gasteiger partial charge is 0.370 e. The SMILES string of the molecule is NC(N)=NCCC[C@@H](N)C(=O)NCC(=O)NCC=O. The van der Waals surface area contributed by atoms with Crippen molar-refractivity contribution in [3.63, 3.8) is 0 Å². The molecule has 2 amide bonds. The number of carbonyl (C=O) groups is 3. The molecule has 8 N–H and O–H groups in total. The maximum Gasteiger partial charge on any atom is 0.239 e. The third-order valence-corrected chi connectivity index (χ3v) is 2.11. The number of nitrogens with zero attached hydrogens (tertiary/aromatic N) is 1. The molecule has 0 aromatic heterocycles. The van der Waals surface area contributed by atoms with Crippen molar-refractivity contribution in [3.05, 3.63) is 0 Å². The van der Waals surface area contributed by atoms with Crippen LogP contribution in [0.5, 0.6) is 0 Å². The number of aldehydes is 1. The van der Waals surface area contributed by atoms with Gasteiger partial charge in [-0.05, 0) is 12.8 Å². The monoisotopic (exact) mass is 272 g/mol. The molecule has 0 heterocycles. The first-order valence-electron chi connectivity index (χ1n) is 5.76. The molecule has 0 aliphatic carbocycles. The van der Waals surface area contributed by atoms with E-state index in [1.807, 2.05) is 0 Å². The molecule has 0 aliphatic heterocycles. The summed E-state index contributed by atoms with van der Waals surface area (Å²) in [6.45, 7) is 0.0939. The number of nitrogens with two attached hydrogens (primary N) is 3. The second-order valence-corrected chi connectivity index (χ2v) is 3.74. The van der Waals surface area contributed by atoms with E-state index in [4.69, 9.17) is 17.2 Å². The molecule has 9 nitrogen and oxygen atoms in total. The third kappa shape index (κ3) is 9.53. The van der Waals surface area contributed by atoms with Crippen LogP contribution in [0.15, 0.2) is 4.99 Å². The lowest BCUT2D eigenvalue weighted by Gasteiger charge is -2.11. The summed E-state index contributed by atoms with van der Waals surface area (Å²) in [5, 5.41) is 4.65. The molecule has 0 radical (unpaired) electrons. The molecule has 0 bridgehead atoms. The topological polar surface area (TPSA) is 166 Å². The summed E-state index contributed by atoms with van der Waals surface area (Å²) in [7, 11) is 0. The van der Waals surface area contributed by atoms with E-state index in [1.54, 1.807) is 0 Å². The zero-order valence-electron chi connectivity index (χ0n) is 10.6. The first-order valence-corrected chi connectivity index (χ1v) is 5.76. The van der Waals surface area contributed by atoms with Gasteiger partial charge in [0, 0.05) is 6.54 Å². The highest BCUT2D eigenvalue weighted by Gasteiger charge is 2.13. The molecule has 0 aromatic carbocycles. The molecule has 0 spiro atoms. The fourth-order valence-electron chi connectivity index (χ4n) is 1.17. The maximum atomic E-state index is 11.5. The minimum Gasteiger partial charge on any atom is -0.370 e. The average molecular weight is 272 g/mol. The summed E-state index contributed by atoms with van der Waals surface area (Å²) in [6.07, 6.45) is 1.51. The number of carbonyl (C=O) groups excluding carboxylic acids is 3. The van der Waals surface area contributed by atoms with E-state index in [1.165, 1.54) is 0 Å². The predicted molar refractivity (Wildman–Crippen MR) is 70.0 cm³/mol. The smallest absolute Gasteiger partial charge is 0.239 e. The summed E-state index contributed by atoms with van der Waals surface area (Å²) >= 11 is 0. The summed E-state index contributed by atoms with van der Waals surface area (Å²) in [6, 6.07) is -0.729.